The third-order valence-electron chi connectivity index (χ3n) is 4.43. The van der Waals surface area contributed by atoms with Crippen molar-refractivity contribution >= 4 is 39.9 Å². The summed E-state index contributed by atoms with van der Waals surface area (Å²) in [6, 6.07) is 7.99. The zero-order valence-corrected chi connectivity index (χ0v) is 22.0. The van der Waals surface area contributed by atoms with Crippen LogP contribution in [0.2, 0.25) is 0 Å². The topological polar surface area (TPSA) is 134 Å². The van der Waals surface area contributed by atoms with Crippen molar-refractivity contribution in [3.8, 4) is 23.0 Å². The van der Waals surface area contributed by atoms with Gasteiger partial charge in [-0.05, 0) is 65.7 Å². The van der Waals surface area contributed by atoms with Crippen molar-refractivity contribution in [2.24, 2.45) is 5.10 Å². The molecule has 2 aromatic rings. The first-order valence-electron chi connectivity index (χ1n) is 10.9. The van der Waals surface area contributed by atoms with Crippen LogP contribution in [0.4, 0.5) is 0 Å². The predicted octanol–water partition coefficient (Wildman–Crippen LogP) is 2.69. The fourth-order valence-electron chi connectivity index (χ4n) is 2.86. The first-order chi connectivity index (χ1) is 17.3. The van der Waals surface area contributed by atoms with Crippen LogP contribution in [0.15, 0.2) is 39.9 Å². The van der Waals surface area contributed by atoms with Gasteiger partial charge in [-0.25, -0.2) is 10.2 Å². The molecule has 0 aliphatic heterocycles. The molecule has 36 heavy (non-hydrogen) atoms. The summed E-state index contributed by atoms with van der Waals surface area (Å²) in [4.78, 5) is 36.0. The summed E-state index contributed by atoms with van der Waals surface area (Å²) in [5, 5.41) is 6.42. The standard InChI is InChI=1S/C24H28BrN3O8/c1-5-34-20-10-15(9-17(25)23(20)36-14-22(30)35-6-2)12-27-28-21(29)13-26-24(31)16-7-8-18(32-3)19(11-16)33-4/h7-12H,5-6,13-14H2,1-4H3,(H,26,31)(H,28,29). The molecule has 0 aliphatic carbocycles. The smallest absolute Gasteiger partial charge is 0.344 e. The van der Waals surface area contributed by atoms with Crippen LogP contribution in [0.1, 0.15) is 29.8 Å². The number of hydrogen-bond donors (Lipinski definition) is 2. The molecule has 0 spiro atoms. The van der Waals surface area contributed by atoms with Crippen molar-refractivity contribution in [2.45, 2.75) is 13.8 Å². The lowest BCUT2D eigenvalue weighted by molar-refractivity contribution is -0.145. The van der Waals surface area contributed by atoms with Crippen LogP contribution < -0.4 is 29.7 Å². The molecule has 0 saturated heterocycles. The van der Waals surface area contributed by atoms with Crippen LogP contribution in [-0.4, -0.2) is 64.6 Å². The molecule has 0 heterocycles. The highest BCUT2D eigenvalue weighted by Crippen LogP contribution is 2.36. The molecule has 0 bridgehead atoms. The van der Waals surface area contributed by atoms with Gasteiger partial charge < -0.3 is 29.0 Å². The number of hydrazone groups is 1. The van der Waals surface area contributed by atoms with Gasteiger partial charge in [-0.3, -0.25) is 9.59 Å². The summed E-state index contributed by atoms with van der Waals surface area (Å²) in [5.41, 5.74) is 3.24. The van der Waals surface area contributed by atoms with Gasteiger partial charge in [-0.2, -0.15) is 5.10 Å². The van der Waals surface area contributed by atoms with Gasteiger partial charge in [-0.1, -0.05) is 0 Å². The van der Waals surface area contributed by atoms with E-state index in [1.54, 1.807) is 38.1 Å². The summed E-state index contributed by atoms with van der Waals surface area (Å²) in [6.07, 6.45) is 1.40. The summed E-state index contributed by atoms with van der Waals surface area (Å²) in [7, 11) is 2.96. The first-order valence-corrected chi connectivity index (χ1v) is 11.7. The van der Waals surface area contributed by atoms with Crippen molar-refractivity contribution in [3.05, 3.63) is 45.9 Å². The molecule has 2 aromatic carbocycles. The lowest BCUT2D eigenvalue weighted by Gasteiger charge is -2.14. The van der Waals surface area contributed by atoms with Crippen molar-refractivity contribution in [2.75, 3.05) is 40.6 Å². The highest BCUT2D eigenvalue weighted by molar-refractivity contribution is 9.10. The Morgan fingerprint density at radius 2 is 1.72 bits per heavy atom. The zero-order chi connectivity index (χ0) is 26.5. The maximum absolute atomic E-state index is 12.3. The average molecular weight is 566 g/mol. The summed E-state index contributed by atoms with van der Waals surface area (Å²) in [5.74, 6) is 0.110. The van der Waals surface area contributed by atoms with Crippen LogP contribution in [0.3, 0.4) is 0 Å². The van der Waals surface area contributed by atoms with Gasteiger partial charge >= 0.3 is 5.97 Å². The van der Waals surface area contributed by atoms with E-state index in [1.165, 1.54) is 26.5 Å². The second-order valence-electron chi connectivity index (χ2n) is 6.90. The van der Waals surface area contributed by atoms with Crippen molar-refractivity contribution in [1.82, 2.24) is 10.7 Å². The van der Waals surface area contributed by atoms with E-state index in [0.717, 1.165) is 0 Å². The average Bonchev–Trinajstić information content (AvgIpc) is 2.86. The molecule has 0 aromatic heterocycles. The molecule has 2 N–H and O–H groups in total. The number of methoxy groups -OCH3 is 2. The van der Waals surface area contributed by atoms with Gasteiger partial charge in [0.15, 0.2) is 29.6 Å². The summed E-state index contributed by atoms with van der Waals surface area (Å²) < 4.78 is 26.8. The normalized spacial score (nSPS) is 10.5. The Morgan fingerprint density at radius 1 is 0.972 bits per heavy atom. The number of carbonyl (C=O) groups excluding carboxylic acids is 3. The van der Waals surface area contributed by atoms with Gasteiger partial charge in [0.25, 0.3) is 11.8 Å². The van der Waals surface area contributed by atoms with Crippen LogP contribution >= 0.6 is 15.9 Å². The van der Waals surface area contributed by atoms with Gasteiger partial charge in [0.05, 0.1) is 44.7 Å². The third-order valence-corrected chi connectivity index (χ3v) is 5.02. The molecule has 2 rings (SSSR count). The Hall–Kier alpha value is -3.80. The van der Waals surface area contributed by atoms with E-state index in [1.807, 2.05) is 0 Å². The van der Waals surface area contributed by atoms with E-state index in [-0.39, 0.29) is 19.8 Å². The van der Waals surface area contributed by atoms with Crippen LogP contribution in [0, 0.1) is 0 Å². The number of esters is 1. The van der Waals surface area contributed by atoms with Crippen molar-refractivity contribution < 1.29 is 38.1 Å². The molecule has 11 nitrogen and oxygen atoms in total. The molecule has 0 unspecified atom stereocenters. The van der Waals surface area contributed by atoms with E-state index < -0.39 is 17.8 Å². The Kier molecular flexibility index (Phi) is 11.5. The molecular formula is C24H28BrN3O8. The van der Waals surface area contributed by atoms with Crippen molar-refractivity contribution in [3.63, 3.8) is 0 Å². The van der Waals surface area contributed by atoms with E-state index in [0.29, 0.717) is 45.2 Å². The third kappa shape index (κ3) is 8.45. The highest BCUT2D eigenvalue weighted by Gasteiger charge is 2.15. The maximum Gasteiger partial charge on any atom is 0.344 e. The van der Waals surface area contributed by atoms with Gasteiger partial charge in [0.1, 0.15) is 0 Å². The largest absolute Gasteiger partial charge is 0.493 e. The van der Waals surface area contributed by atoms with E-state index in [4.69, 9.17) is 23.7 Å². The summed E-state index contributed by atoms with van der Waals surface area (Å²) in [6.45, 7) is 3.56. The zero-order valence-electron chi connectivity index (χ0n) is 20.4. The number of ether oxygens (including phenoxy) is 5. The van der Waals surface area contributed by atoms with E-state index in [2.05, 4.69) is 31.8 Å². The number of nitrogens with zero attached hydrogens (tertiary/aromatic N) is 1. The number of benzene rings is 2. The molecule has 0 atom stereocenters. The summed E-state index contributed by atoms with van der Waals surface area (Å²) >= 11 is 3.39. The molecule has 0 saturated carbocycles. The number of halogens is 1. The maximum atomic E-state index is 12.3. The fraction of sp³-hybridized carbons (Fsp3) is 0.333. The minimum Gasteiger partial charge on any atom is -0.493 e. The van der Waals surface area contributed by atoms with E-state index >= 15 is 0 Å². The molecule has 12 heteroatoms. The molecule has 0 fully saturated rings. The highest BCUT2D eigenvalue weighted by atomic mass is 79.9. The van der Waals surface area contributed by atoms with Gasteiger partial charge in [0.2, 0.25) is 0 Å². The number of nitrogens with one attached hydrogen (secondary N) is 2. The lowest BCUT2D eigenvalue weighted by Crippen LogP contribution is -2.34. The van der Waals surface area contributed by atoms with Crippen LogP contribution in [0.5, 0.6) is 23.0 Å². The Balaban J connectivity index is 1.96. The molecule has 0 radical (unpaired) electrons. The second-order valence-corrected chi connectivity index (χ2v) is 7.76. The minimum absolute atomic E-state index is 0.253. The quantitative estimate of drug-likeness (QED) is 0.215. The second kappa shape index (κ2) is 14.6. The predicted molar refractivity (Wildman–Crippen MR) is 135 cm³/mol. The lowest BCUT2D eigenvalue weighted by atomic mass is 10.2. The Morgan fingerprint density at radius 3 is 2.39 bits per heavy atom. The number of hydrogen-bond acceptors (Lipinski definition) is 9. The van der Waals surface area contributed by atoms with E-state index in [9.17, 15) is 14.4 Å². The number of carbonyl (C=O) groups is 3. The molecule has 0 aliphatic rings. The molecule has 2 amide bonds. The Labute approximate surface area is 217 Å². The first kappa shape index (κ1) is 28.4. The van der Waals surface area contributed by atoms with Crippen LogP contribution in [-0.2, 0) is 14.3 Å². The number of amides is 2. The van der Waals surface area contributed by atoms with Gasteiger partial charge in [0, 0.05) is 5.56 Å². The van der Waals surface area contributed by atoms with Gasteiger partial charge in [-0.15, -0.1) is 0 Å². The SMILES string of the molecule is CCOC(=O)COc1c(Br)cc(C=NNC(=O)CNC(=O)c2ccc(OC)c(OC)c2)cc1OCC. The Bertz CT molecular complexity index is 1110. The van der Waals surface area contributed by atoms with Crippen molar-refractivity contribution in [1.29, 1.82) is 0 Å². The molecular weight excluding hydrogens is 538 g/mol. The monoisotopic (exact) mass is 565 g/mol. The molecule has 194 valence electrons. The van der Waals surface area contributed by atoms with Crippen LogP contribution in [0.25, 0.3) is 0 Å². The minimum atomic E-state index is -0.529. The fourth-order valence-corrected chi connectivity index (χ4v) is 3.43. The number of rotatable bonds is 13.